The molecule has 0 aromatic heterocycles. The Morgan fingerprint density at radius 2 is 1.44 bits per heavy atom. The van der Waals surface area contributed by atoms with Gasteiger partial charge in [0, 0.05) is 30.1 Å². The van der Waals surface area contributed by atoms with Crippen LogP contribution in [-0.2, 0) is 39.9 Å². The second kappa shape index (κ2) is 21.0. The molecule has 16 heteroatoms. The number of carbonyl (C=O) groups is 4. The lowest BCUT2D eigenvalue weighted by Crippen LogP contribution is -2.44. The number of azide groups is 1. The number of carbonyl (C=O) groups excluding carboxylic acids is 2. The van der Waals surface area contributed by atoms with Gasteiger partial charge in [-0.25, -0.2) is 9.59 Å². The number of carboxylic acid groups (broad SMARTS) is 2. The standard InChI is InChI=1S/C23H34N6O10/c24-29-26-6-8-37-10-12-39-14-13-38-11-9-36-7-5-20(30)25-16-17-1-3-18(4-2-17)27-23(35)28-19(22(33)34)15-21(31)32/h1-4,19H,5-16H2,(H,25,30)(H,31,32)(H,33,34)(H2,27,28,35)/t19-/m0/s1. The van der Waals surface area contributed by atoms with Crippen LogP contribution in [0.2, 0.25) is 0 Å². The van der Waals surface area contributed by atoms with Crippen molar-refractivity contribution in [1.29, 1.82) is 0 Å². The van der Waals surface area contributed by atoms with Gasteiger partial charge < -0.3 is 45.1 Å². The van der Waals surface area contributed by atoms with Crippen molar-refractivity contribution in [3.8, 4) is 0 Å². The highest BCUT2D eigenvalue weighted by Gasteiger charge is 2.23. The quantitative estimate of drug-likeness (QED) is 0.0593. The van der Waals surface area contributed by atoms with E-state index >= 15 is 0 Å². The van der Waals surface area contributed by atoms with Crippen molar-refractivity contribution >= 4 is 29.6 Å². The molecule has 1 aromatic rings. The van der Waals surface area contributed by atoms with Crippen LogP contribution in [0.1, 0.15) is 18.4 Å². The van der Waals surface area contributed by atoms with E-state index in [1.54, 1.807) is 24.3 Å². The van der Waals surface area contributed by atoms with Gasteiger partial charge in [-0.1, -0.05) is 17.2 Å². The summed E-state index contributed by atoms with van der Waals surface area (Å²) in [4.78, 5) is 48.2. The summed E-state index contributed by atoms with van der Waals surface area (Å²) in [5.74, 6) is -3.02. The Labute approximate surface area is 224 Å². The number of nitrogens with zero attached hydrogens (tertiary/aromatic N) is 3. The number of urea groups is 1. The third-order valence-corrected chi connectivity index (χ3v) is 4.67. The van der Waals surface area contributed by atoms with Crippen molar-refractivity contribution in [2.45, 2.75) is 25.4 Å². The number of ether oxygens (including phenoxy) is 4. The van der Waals surface area contributed by atoms with Crippen LogP contribution in [0.3, 0.4) is 0 Å². The van der Waals surface area contributed by atoms with Crippen molar-refractivity contribution < 1.29 is 48.3 Å². The summed E-state index contributed by atoms with van der Waals surface area (Å²) in [6.45, 7) is 3.45. The Balaban J connectivity index is 2.08. The number of aliphatic carboxylic acids is 2. The molecule has 0 aliphatic heterocycles. The van der Waals surface area contributed by atoms with Crippen LogP contribution in [0.15, 0.2) is 29.4 Å². The fraction of sp³-hybridized carbons (Fsp3) is 0.565. The normalized spacial score (nSPS) is 11.2. The number of hydrogen-bond acceptors (Lipinski definition) is 9. The summed E-state index contributed by atoms with van der Waals surface area (Å²) in [5, 5.41) is 28.3. The molecular weight excluding hydrogens is 520 g/mol. The number of carboxylic acids is 2. The molecule has 216 valence electrons. The summed E-state index contributed by atoms with van der Waals surface area (Å²) in [6.07, 6.45) is -0.583. The monoisotopic (exact) mass is 554 g/mol. The van der Waals surface area contributed by atoms with E-state index in [0.29, 0.717) is 51.9 Å². The van der Waals surface area contributed by atoms with Gasteiger partial charge in [0.25, 0.3) is 0 Å². The number of rotatable bonds is 22. The molecule has 0 saturated heterocycles. The number of nitrogens with one attached hydrogen (secondary N) is 3. The first-order valence-electron chi connectivity index (χ1n) is 12.0. The lowest BCUT2D eigenvalue weighted by molar-refractivity contribution is -0.145. The molecule has 39 heavy (non-hydrogen) atoms. The largest absolute Gasteiger partial charge is 0.481 e. The highest BCUT2D eigenvalue weighted by molar-refractivity contribution is 5.93. The zero-order valence-electron chi connectivity index (χ0n) is 21.4. The van der Waals surface area contributed by atoms with Gasteiger partial charge >= 0.3 is 18.0 Å². The van der Waals surface area contributed by atoms with E-state index in [1.165, 1.54) is 0 Å². The number of amides is 3. The fourth-order valence-corrected chi connectivity index (χ4v) is 2.77. The van der Waals surface area contributed by atoms with E-state index in [1.807, 2.05) is 0 Å². The van der Waals surface area contributed by atoms with Crippen molar-refractivity contribution in [3.05, 3.63) is 40.3 Å². The van der Waals surface area contributed by atoms with Gasteiger partial charge in [0.05, 0.1) is 59.3 Å². The van der Waals surface area contributed by atoms with Crippen molar-refractivity contribution in [2.75, 3.05) is 64.7 Å². The average molecular weight is 555 g/mol. The molecule has 0 fully saturated rings. The fourth-order valence-electron chi connectivity index (χ4n) is 2.77. The minimum absolute atomic E-state index is 0.170. The lowest BCUT2D eigenvalue weighted by Gasteiger charge is -2.13. The predicted molar refractivity (Wildman–Crippen MR) is 136 cm³/mol. The van der Waals surface area contributed by atoms with Crippen LogP contribution in [0.4, 0.5) is 10.5 Å². The first kappa shape index (κ1) is 33.1. The van der Waals surface area contributed by atoms with Gasteiger partial charge in [-0.15, -0.1) is 0 Å². The highest BCUT2D eigenvalue weighted by atomic mass is 16.6. The molecule has 1 atom stereocenters. The molecule has 0 heterocycles. The molecule has 1 rings (SSSR count). The maximum absolute atomic E-state index is 12.0. The molecule has 0 spiro atoms. The maximum atomic E-state index is 12.0. The zero-order valence-corrected chi connectivity index (χ0v) is 21.4. The van der Waals surface area contributed by atoms with Crippen LogP contribution in [0.25, 0.3) is 10.4 Å². The van der Waals surface area contributed by atoms with Gasteiger partial charge in [-0.05, 0) is 23.2 Å². The second-order valence-electron chi connectivity index (χ2n) is 7.71. The van der Waals surface area contributed by atoms with Gasteiger partial charge in [0.2, 0.25) is 5.91 Å². The Morgan fingerprint density at radius 1 is 0.872 bits per heavy atom. The minimum atomic E-state index is -1.56. The number of benzene rings is 1. The SMILES string of the molecule is [N-]=[N+]=NCCOCCOCCOCCOCCC(=O)NCc1ccc(NC(=O)N[C@@H](CC(=O)O)C(=O)O)cc1. The molecule has 0 radical (unpaired) electrons. The van der Waals surface area contributed by atoms with Gasteiger partial charge in [0.15, 0.2) is 0 Å². The van der Waals surface area contributed by atoms with Crippen LogP contribution >= 0.6 is 0 Å². The Bertz CT molecular complexity index is 940. The predicted octanol–water partition coefficient (Wildman–Crippen LogP) is 1.12. The third-order valence-electron chi connectivity index (χ3n) is 4.67. The van der Waals surface area contributed by atoms with Crippen molar-refractivity contribution in [3.63, 3.8) is 0 Å². The highest BCUT2D eigenvalue weighted by Crippen LogP contribution is 2.09. The smallest absolute Gasteiger partial charge is 0.326 e. The summed E-state index contributed by atoms with van der Waals surface area (Å²) in [5.41, 5.74) is 9.24. The van der Waals surface area contributed by atoms with E-state index in [2.05, 4.69) is 26.0 Å². The molecule has 16 nitrogen and oxygen atoms in total. The summed E-state index contributed by atoms with van der Waals surface area (Å²) < 4.78 is 21.2. The summed E-state index contributed by atoms with van der Waals surface area (Å²) in [7, 11) is 0. The molecule has 0 bridgehead atoms. The van der Waals surface area contributed by atoms with Crippen LogP contribution in [0, 0.1) is 0 Å². The topological polar surface area (TPSA) is 231 Å². The van der Waals surface area contributed by atoms with Gasteiger partial charge in [0.1, 0.15) is 6.04 Å². The summed E-state index contributed by atoms with van der Waals surface area (Å²) >= 11 is 0. The number of hydrogen-bond donors (Lipinski definition) is 5. The Hall–Kier alpha value is -3.95. The van der Waals surface area contributed by atoms with E-state index in [9.17, 15) is 19.2 Å². The lowest BCUT2D eigenvalue weighted by atomic mass is 10.2. The molecule has 0 aliphatic rings. The van der Waals surface area contributed by atoms with Crippen molar-refractivity contribution in [1.82, 2.24) is 10.6 Å². The first-order chi connectivity index (χ1) is 18.8. The molecule has 3 amide bonds. The second-order valence-corrected chi connectivity index (χ2v) is 7.71. The Morgan fingerprint density at radius 3 is 1.97 bits per heavy atom. The van der Waals surface area contributed by atoms with Crippen LogP contribution in [-0.4, -0.2) is 99.5 Å². The average Bonchev–Trinajstić information content (AvgIpc) is 2.89. The van der Waals surface area contributed by atoms with E-state index in [-0.39, 0.29) is 32.0 Å². The molecule has 0 saturated carbocycles. The van der Waals surface area contributed by atoms with Crippen molar-refractivity contribution in [2.24, 2.45) is 5.11 Å². The molecule has 5 N–H and O–H groups in total. The third kappa shape index (κ3) is 18.0. The Kier molecular flexibility index (Phi) is 17.8. The molecule has 1 aromatic carbocycles. The maximum Gasteiger partial charge on any atom is 0.326 e. The minimum Gasteiger partial charge on any atom is -0.481 e. The summed E-state index contributed by atoms with van der Waals surface area (Å²) in [6, 6.07) is 4.03. The van der Waals surface area contributed by atoms with E-state index in [0.717, 1.165) is 5.56 Å². The van der Waals surface area contributed by atoms with E-state index < -0.39 is 30.4 Å². The van der Waals surface area contributed by atoms with Gasteiger partial charge in [-0.3, -0.25) is 9.59 Å². The molecule has 0 unspecified atom stereocenters. The first-order valence-corrected chi connectivity index (χ1v) is 12.0. The van der Waals surface area contributed by atoms with Crippen LogP contribution < -0.4 is 16.0 Å². The molecular formula is C23H34N6O10. The zero-order chi connectivity index (χ0) is 28.7. The number of anilines is 1. The van der Waals surface area contributed by atoms with Crippen LogP contribution in [0.5, 0.6) is 0 Å². The molecule has 0 aliphatic carbocycles. The van der Waals surface area contributed by atoms with E-state index in [4.69, 9.17) is 34.7 Å². The van der Waals surface area contributed by atoms with Gasteiger partial charge in [-0.2, -0.15) is 0 Å².